The van der Waals surface area contributed by atoms with Gasteiger partial charge in [-0.05, 0) is 48.9 Å². The fourth-order valence-corrected chi connectivity index (χ4v) is 5.34. The molecule has 158 valence electrons. The van der Waals surface area contributed by atoms with Crippen molar-refractivity contribution in [3.05, 3.63) is 107 Å². The molecule has 0 bridgehead atoms. The predicted molar refractivity (Wildman–Crippen MR) is 131 cm³/mol. The van der Waals surface area contributed by atoms with Crippen molar-refractivity contribution in [1.29, 1.82) is 0 Å². The lowest BCUT2D eigenvalue weighted by molar-refractivity contribution is 0.0968. The minimum atomic E-state index is -0.255. The molecule has 5 rings (SSSR count). The lowest BCUT2D eigenvalue weighted by Gasteiger charge is -2.43. The van der Waals surface area contributed by atoms with Gasteiger partial charge in [0.05, 0.1) is 11.3 Å². The maximum Gasteiger partial charge on any atom is 0.262 e. The third kappa shape index (κ3) is 3.41. The molecule has 0 radical (unpaired) electrons. The van der Waals surface area contributed by atoms with Gasteiger partial charge in [0.25, 0.3) is 5.91 Å². The summed E-state index contributed by atoms with van der Waals surface area (Å²) in [6.45, 7) is 1.57. The lowest BCUT2D eigenvalue weighted by Crippen LogP contribution is -2.47. The van der Waals surface area contributed by atoms with Crippen molar-refractivity contribution in [1.82, 2.24) is 0 Å². The first-order valence-electron chi connectivity index (χ1n) is 10.5. The predicted octanol–water partition coefficient (Wildman–Crippen LogP) is 6.41. The van der Waals surface area contributed by atoms with Crippen LogP contribution >= 0.6 is 11.3 Å². The number of fused-ring (bicyclic) bond motifs is 1. The standard InChI is InChI=1S/C27H22N2O2S/c1-18(30)19-12-14-20(15-13-19)24-16-17-25(32-24)26-28(2)23-11-7-6-10-22(23)27(31)29(26)21-8-4-3-5-9-21/h3-17,26H,1-2H3. The van der Waals surface area contributed by atoms with Crippen molar-refractivity contribution in [2.75, 3.05) is 16.8 Å². The zero-order chi connectivity index (χ0) is 22.2. The Labute approximate surface area is 191 Å². The first-order valence-corrected chi connectivity index (χ1v) is 11.3. The summed E-state index contributed by atoms with van der Waals surface area (Å²) in [5, 5.41) is 0. The van der Waals surface area contributed by atoms with E-state index in [2.05, 4.69) is 17.0 Å². The van der Waals surface area contributed by atoms with E-state index in [9.17, 15) is 9.59 Å². The van der Waals surface area contributed by atoms with Crippen LogP contribution in [-0.2, 0) is 0 Å². The molecule has 1 aromatic heterocycles. The Morgan fingerprint density at radius 2 is 1.53 bits per heavy atom. The van der Waals surface area contributed by atoms with Crippen molar-refractivity contribution in [3.8, 4) is 10.4 Å². The molecule has 1 amide bonds. The van der Waals surface area contributed by atoms with Crippen LogP contribution in [0.2, 0.25) is 0 Å². The monoisotopic (exact) mass is 438 g/mol. The highest BCUT2D eigenvalue weighted by Gasteiger charge is 2.38. The number of benzene rings is 3. The molecule has 1 aliphatic heterocycles. The normalized spacial score (nSPS) is 15.6. The van der Waals surface area contributed by atoms with E-state index in [4.69, 9.17) is 0 Å². The van der Waals surface area contributed by atoms with Crippen molar-refractivity contribution in [2.24, 2.45) is 0 Å². The molecule has 0 saturated carbocycles. The number of hydrogen-bond acceptors (Lipinski definition) is 4. The zero-order valence-electron chi connectivity index (χ0n) is 17.9. The van der Waals surface area contributed by atoms with Crippen LogP contribution in [0.3, 0.4) is 0 Å². The van der Waals surface area contributed by atoms with E-state index in [0.29, 0.717) is 11.1 Å². The number of para-hydroxylation sites is 2. The maximum absolute atomic E-state index is 13.6. The summed E-state index contributed by atoms with van der Waals surface area (Å²) >= 11 is 1.67. The number of ketones is 1. The average molecular weight is 439 g/mol. The first kappa shape index (κ1) is 20.2. The number of carbonyl (C=O) groups is 2. The van der Waals surface area contributed by atoms with E-state index in [1.54, 1.807) is 18.3 Å². The molecule has 0 aliphatic carbocycles. The molecule has 0 fully saturated rings. The largest absolute Gasteiger partial charge is 0.349 e. The third-order valence-electron chi connectivity index (χ3n) is 5.84. The van der Waals surface area contributed by atoms with Gasteiger partial charge >= 0.3 is 0 Å². The van der Waals surface area contributed by atoms with E-state index < -0.39 is 0 Å². The van der Waals surface area contributed by atoms with Gasteiger partial charge in [-0.1, -0.05) is 54.6 Å². The average Bonchev–Trinajstić information content (AvgIpc) is 3.31. The van der Waals surface area contributed by atoms with Gasteiger partial charge in [0.15, 0.2) is 5.78 Å². The molecule has 3 aromatic carbocycles. The maximum atomic E-state index is 13.6. The van der Waals surface area contributed by atoms with Gasteiger partial charge in [0.2, 0.25) is 0 Å². The number of amides is 1. The molecule has 0 saturated heterocycles. The lowest BCUT2D eigenvalue weighted by atomic mass is 10.0. The van der Waals surface area contributed by atoms with Crippen LogP contribution in [0.5, 0.6) is 0 Å². The van der Waals surface area contributed by atoms with Crippen LogP contribution in [-0.4, -0.2) is 18.7 Å². The Hall–Kier alpha value is -3.70. The summed E-state index contributed by atoms with van der Waals surface area (Å²) in [7, 11) is 2.03. The second kappa shape index (κ2) is 8.09. The number of rotatable bonds is 4. The van der Waals surface area contributed by atoms with E-state index in [0.717, 1.165) is 26.7 Å². The smallest absolute Gasteiger partial charge is 0.262 e. The summed E-state index contributed by atoms with van der Waals surface area (Å²) in [4.78, 5) is 31.4. The number of Topliss-reactive ketones (excluding diaryl/α,β-unsaturated/α-hetero) is 1. The van der Waals surface area contributed by atoms with Crippen LogP contribution in [0.15, 0.2) is 91.0 Å². The molecule has 4 aromatic rings. The van der Waals surface area contributed by atoms with Crippen molar-refractivity contribution in [2.45, 2.75) is 13.1 Å². The van der Waals surface area contributed by atoms with Crippen molar-refractivity contribution < 1.29 is 9.59 Å². The summed E-state index contributed by atoms with van der Waals surface area (Å²) in [6, 6.07) is 29.4. The van der Waals surface area contributed by atoms with Gasteiger partial charge in [-0.3, -0.25) is 14.5 Å². The van der Waals surface area contributed by atoms with Crippen LogP contribution in [0.4, 0.5) is 11.4 Å². The molecule has 1 aliphatic rings. The quantitative estimate of drug-likeness (QED) is 0.346. The fraction of sp³-hybridized carbons (Fsp3) is 0.111. The summed E-state index contributed by atoms with van der Waals surface area (Å²) in [5.41, 5.74) is 4.25. The number of nitrogens with zero attached hydrogens (tertiary/aromatic N) is 2. The molecule has 5 heteroatoms. The Kier molecular flexibility index (Phi) is 5.11. The number of thiophene rings is 1. The summed E-state index contributed by atoms with van der Waals surface area (Å²) < 4.78 is 0. The second-order valence-electron chi connectivity index (χ2n) is 7.85. The molecular formula is C27H22N2O2S. The minimum absolute atomic E-state index is 0.00402. The number of anilines is 2. The van der Waals surface area contributed by atoms with Crippen LogP contribution in [0.1, 0.15) is 38.7 Å². The first-order chi connectivity index (χ1) is 15.5. The molecule has 1 atom stereocenters. The summed E-state index contributed by atoms with van der Waals surface area (Å²) in [6.07, 6.45) is -0.255. The Balaban J connectivity index is 1.59. The van der Waals surface area contributed by atoms with E-state index >= 15 is 0 Å². The molecule has 0 spiro atoms. The molecule has 32 heavy (non-hydrogen) atoms. The van der Waals surface area contributed by atoms with Crippen LogP contribution < -0.4 is 9.80 Å². The van der Waals surface area contributed by atoms with Crippen LogP contribution in [0, 0.1) is 0 Å². The van der Waals surface area contributed by atoms with E-state index in [1.165, 1.54) is 0 Å². The minimum Gasteiger partial charge on any atom is -0.349 e. The topological polar surface area (TPSA) is 40.6 Å². The fourth-order valence-electron chi connectivity index (χ4n) is 4.19. The van der Waals surface area contributed by atoms with Gasteiger partial charge in [0, 0.05) is 28.1 Å². The van der Waals surface area contributed by atoms with Crippen molar-refractivity contribution in [3.63, 3.8) is 0 Å². The third-order valence-corrected chi connectivity index (χ3v) is 7.01. The van der Waals surface area contributed by atoms with E-state index in [1.807, 2.05) is 90.8 Å². The molecule has 1 unspecified atom stereocenters. The van der Waals surface area contributed by atoms with E-state index in [-0.39, 0.29) is 17.9 Å². The molecule has 0 N–H and O–H groups in total. The molecule has 2 heterocycles. The highest BCUT2D eigenvalue weighted by Crippen LogP contribution is 2.43. The SMILES string of the molecule is CC(=O)c1ccc(-c2ccc(C3N(C)c4ccccc4C(=O)N3c3ccccc3)s2)cc1. The van der Waals surface area contributed by atoms with Gasteiger partial charge in [-0.2, -0.15) is 0 Å². The highest BCUT2D eigenvalue weighted by atomic mass is 32.1. The van der Waals surface area contributed by atoms with Crippen LogP contribution in [0.25, 0.3) is 10.4 Å². The van der Waals surface area contributed by atoms with Gasteiger partial charge in [-0.25, -0.2) is 0 Å². The summed E-state index contributed by atoms with van der Waals surface area (Å²) in [5.74, 6) is 0.0543. The van der Waals surface area contributed by atoms with Crippen molar-refractivity contribution >= 4 is 34.4 Å². The Morgan fingerprint density at radius 3 is 2.25 bits per heavy atom. The zero-order valence-corrected chi connectivity index (χ0v) is 18.7. The highest BCUT2D eigenvalue weighted by molar-refractivity contribution is 7.15. The number of carbonyl (C=O) groups excluding carboxylic acids is 2. The second-order valence-corrected chi connectivity index (χ2v) is 8.96. The Morgan fingerprint density at radius 1 is 0.844 bits per heavy atom. The molecular weight excluding hydrogens is 416 g/mol. The number of hydrogen-bond donors (Lipinski definition) is 0. The van der Waals surface area contributed by atoms with Gasteiger partial charge < -0.3 is 4.90 Å². The Bertz CT molecular complexity index is 1290. The molecule has 4 nitrogen and oxygen atoms in total. The van der Waals surface area contributed by atoms with Gasteiger partial charge in [-0.15, -0.1) is 11.3 Å². The van der Waals surface area contributed by atoms with Gasteiger partial charge in [0.1, 0.15) is 6.17 Å².